The lowest BCUT2D eigenvalue weighted by atomic mass is 10.2. The summed E-state index contributed by atoms with van der Waals surface area (Å²) in [6, 6.07) is 4.20. The van der Waals surface area contributed by atoms with Crippen molar-refractivity contribution in [3.63, 3.8) is 0 Å². The third kappa shape index (κ3) is 4.40. The van der Waals surface area contributed by atoms with Gasteiger partial charge >= 0.3 is 0 Å². The third-order valence-electron chi connectivity index (χ3n) is 3.71. The maximum atomic E-state index is 12.6. The SMILES string of the molecule is C[C@@H]1CN(C(=O)CN(C)S(=O)(=O)c2cc(Cl)ccc2Cl)C[C@@H](C)O1. The number of benzene rings is 1. The molecule has 0 aromatic heterocycles. The van der Waals surface area contributed by atoms with Crippen LogP contribution < -0.4 is 0 Å². The average molecular weight is 395 g/mol. The number of carbonyl (C=O) groups is 1. The second-order valence-corrected chi connectivity index (χ2v) is 8.75. The first-order valence-corrected chi connectivity index (χ1v) is 9.65. The Kier molecular flexibility index (Phi) is 6.14. The van der Waals surface area contributed by atoms with Gasteiger partial charge in [-0.1, -0.05) is 23.2 Å². The number of nitrogens with zero attached hydrogens (tertiary/aromatic N) is 2. The summed E-state index contributed by atoms with van der Waals surface area (Å²) < 4.78 is 31.8. The van der Waals surface area contributed by atoms with Gasteiger partial charge in [-0.15, -0.1) is 0 Å². The van der Waals surface area contributed by atoms with Crippen molar-refractivity contribution in [3.05, 3.63) is 28.2 Å². The number of hydrogen-bond donors (Lipinski definition) is 0. The molecule has 6 nitrogen and oxygen atoms in total. The highest BCUT2D eigenvalue weighted by Gasteiger charge is 2.30. The molecular formula is C15H20Cl2N2O4S. The van der Waals surface area contributed by atoms with E-state index in [4.69, 9.17) is 27.9 Å². The maximum Gasteiger partial charge on any atom is 0.244 e. The lowest BCUT2D eigenvalue weighted by Crippen LogP contribution is -2.51. The van der Waals surface area contributed by atoms with Gasteiger partial charge in [0.25, 0.3) is 0 Å². The summed E-state index contributed by atoms with van der Waals surface area (Å²) >= 11 is 11.8. The maximum absolute atomic E-state index is 12.6. The van der Waals surface area contributed by atoms with Gasteiger partial charge in [0.1, 0.15) is 4.90 Å². The molecule has 1 amide bonds. The van der Waals surface area contributed by atoms with Crippen molar-refractivity contribution in [2.24, 2.45) is 0 Å². The summed E-state index contributed by atoms with van der Waals surface area (Å²) in [5, 5.41) is 0.320. The molecule has 0 unspecified atom stereocenters. The van der Waals surface area contributed by atoms with Gasteiger partial charge in [0.2, 0.25) is 15.9 Å². The van der Waals surface area contributed by atoms with Gasteiger partial charge in [-0.05, 0) is 32.0 Å². The Morgan fingerprint density at radius 3 is 2.46 bits per heavy atom. The first kappa shape index (κ1) is 19.5. The first-order valence-electron chi connectivity index (χ1n) is 7.46. The van der Waals surface area contributed by atoms with Crippen LogP contribution >= 0.6 is 23.2 Å². The highest BCUT2D eigenvalue weighted by atomic mass is 35.5. The molecule has 134 valence electrons. The number of likely N-dealkylation sites (N-methyl/N-ethyl adjacent to an activating group) is 1. The van der Waals surface area contributed by atoms with Gasteiger partial charge in [-0.3, -0.25) is 4.79 Å². The van der Waals surface area contributed by atoms with Gasteiger partial charge in [0.15, 0.2) is 0 Å². The Balaban J connectivity index is 2.14. The summed E-state index contributed by atoms with van der Waals surface area (Å²) in [6.07, 6.45) is -0.163. The molecule has 0 saturated carbocycles. The molecule has 1 aromatic carbocycles. The summed E-state index contributed by atoms with van der Waals surface area (Å²) in [4.78, 5) is 13.9. The van der Waals surface area contributed by atoms with Crippen LogP contribution in [0.2, 0.25) is 10.0 Å². The molecule has 1 aliphatic rings. The van der Waals surface area contributed by atoms with Crippen molar-refractivity contribution in [2.75, 3.05) is 26.7 Å². The predicted molar refractivity (Wildman–Crippen MR) is 92.9 cm³/mol. The topological polar surface area (TPSA) is 66.9 Å². The van der Waals surface area contributed by atoms with E-state index in [1.807, 2.05) is 13.8 Å². The molecular weight excluding hydrogens is 375 g/mol. The lowest BCUT2D eigenvalue weighted by Gasteiger charge is -2.36. The fourth-order valence-corrected chi connectivity index (χ4v) is 4.45. The molecule has 1 fully saturated rings. The van der Waals surface area contributed by atoms with E-state index in [1.165, 1.54) is 25.2 Å². The molecule has 2 rings (SSSR count). The van der Waals surface area contributed by atoms with E-state index in [9.17, 15) is 13.2 Å². The Labute approximate surface area is 152 Å². The van der Waals surface area contributed by atoms with Gasteiger partial charge in [0.05, 0.1) is 23.8 Å². The van der Waals surface area contributed by atoms with Crippen LogP contribution in [0.15, 0.2) is 23.1 Å². The zero-order valence-corrected chi connectivity index (χ0v) is 16.0. The molecule has 0 bridgehead atoms. The van der Waals surface area contributed by atoms with Crippen LogP contribution in [0.3, 0.4) is 0 Å². The molecule has 24 heavy (non-hydrogen) atoms. The molecule has 9 heteroatoms. The Morgan fingerprint density at radius 2 is 1.88 bits per heavy atom. The summed E-state index contributed by atoms with van der Waals surface area (Å²) in [6.45, 7) is 4.36. The molecule has 0 radical (unpaired) electrons. The zero-order valence-electron chi connectivity index (χ0n) is 13.7. The van der Waals surface area contributed by atoms with E-state index >= 15 is 0 Å². The zero-order chi connectivity index (χ0) is 18.1. The van der Waals surface area contributed by atoms with E-state index in [2.05, 4.69) is 0 Å². The minimum absolute atomic E-state index is 0.0623. The van der Waals surface area contributed by atoms with Crippen LogP contribution in [0.1, 0.15) is 13.8 Å². The summed E-state index contributed by atoms with van der Waals surface area (Å²) in [7, 11) is -2.57. The minimum atomic E-state index is -3.91. The molecule has 0 N–H and O–H groups in total. The summed E-state index contributed by atoms with van der Waals surface area (Å²) in [5.41, 5.74) is 0. The van der Waals surface area contributed by atoms with E-state index in [0.29, 0.717) is 13.1 Å². The van der Waals surface area contributed by atoms with Crippen molar-refractivity contribution in [1.29, 1.82) is 0 Å². The Morgan fingerprint density at radius 1 is 1.29 bits per heavy atom. The number of morpholine rings is 1. The second kappa shape index (κ2) is 7.58. The third-order valence-corrected chi connectivity index (χ3v) is 6.23. The number of halogens is 2. The average Bonchev–Trinajstić information content (AvgIpc) is 2.48. The highest BCUT2D eigenvalue weighted by Crippen LogP contribution is 2.27. The molecule has 1 aromatic rings. The van der Waals surface area contributed by atoms with Gasteiger partial charge < -0.3 is 9.64 Å². The number of sulfonamides is 1. The molecule has 0 aliphatic carbocycles. The number of hydrogen-bond acceptors (Lipinski definition) is 4. The van der Waals surface area contributed by atoms with Crippen molar-refractivity contribution in [1.82, 2.24) is 9.21 Å². The van der Waals surface area contributed by atoms with Gasteiger partial charge in [-0.25, -0.2) is 8.42 Å². The number of rotatable bonds is 4. The summed E-state index contributed by atoms with van der Waals surface area (Å²) in [5.74, 6) is -0.277. The van der Waals surface area contributed by atoms with Crippen molar-refractivity contribution < 1.29 is 17.9 Å². The van der Waals surface area contributed by atoms with E-state index in [1.54, 1.807) is 4.90 Å². The van der Waals surface area contributed by atoms with Gasteiger partial charge in [0, 0.05) is 25.2 Å². The highest BCUT2D eigenvalue weighted by molar-refractivity contribution is 7.89. The first-order chi connectivity index (χ1) is 11.1. The molecule has 1 saturated heterocycles. The molecule has 2 atom stereocenters. The lowest BCUT2D eigenvalue weighted by molar-refractivity contribution is -0.143. The van der Waals surface area contributed by atoms with Crippen molar-refractivity contribution in [3.8, 4) is 0 Å². The minimum Gasteiger partial charge on any atom is -0.372 e. The quantitative estimate of drug-likeness (QED) is 0.785. The fraction of sp³-hybridized carbons (Fsp3) is 0.533. The van der Waals surface area contributed by atoms with Crippen LogP contribution in [0.5, 0.6) is 0 Å². The standard InChI is InChI=1S/C15H20Cl2N2O4S/c1-10-7-19(8-11(2)23-10)15(20)9-18(3)24(21,22)14-6-12(16)4-5-13(14)17/h4-6,10-11H,7-9H2,1-3H3/t10-,11-/m1/s1. The molecule has 0 spiro atoms. The normalized spacial score (nSPS) is 22.0. The largest absolute Gasteiger partial charge is 0.372 e. The van der Waals surface area contributed by atoms with E-state index in [0.717, 1.165) is 4.31 Å². The second-order valence-electron chi connectivity index (χ2n) is 5.89. The van der Waals surface area contributed by atoms with Gasteiger partial charge in [-0.2, -0.15) is 4.31 Å². The number of carbonyl (C=O) groups excluding carboxylic acids is 1. The van der Waals surface area contributed by atoms with Crippen LogP contribution in [-0.2, 0) is 19.6 Å². The fourth-order valence-electron chi connectivity index (χ4n) is 2.60. The molecule has 1 heterocycles. The van der Waals surface area contributed by atoms with Crippen molar-refractivity contribution in [2.45, 2.75) is 31.0 Å². The Bertz CT molecular complexity index is 716. The van der Waals surface area contributed by atoms with E-state index in [-0.39, 0.29) is 39.6 Å². The monoisotopic (exact) mass is 394 g/mol. The van der Waals surface area contributed by atoms with Crippen LogP contribution in [0.25, 0.3) is 0 Å². The molecule has 1 aliphatic heterocycles. The van der Waals surface area contributed by atoms with Crippen LogP contribution in [0.4, 0.5) is 0 Å². The Hall–Kier alpha value is -0.860. The van der Waals surface area contributed by atoms with Crippen LogP contribution in [-0.4, -0.2) is 62.4 Å². The smallest absolute Gasteiger partial charge is 0.244 e. The number of ether oxygens (including phenoxy) is 1. The van der Waals surface area contributed by atoms with E-state index < -0.39 is 10.0 Å². The number of amides is 1. The van der Waals surface area contributed by atoms with Crippen molar-refractivity contribution >= 4 is 39.1 Å². The van der Waals surface area contributed by atoms with Crippen LogP contribution in [0, 0.1) is 0 Å². The predicted octanol–water partition coefficient (Wildman–Crippen LogP) is 2.25.